The molecule has 0 aliphatic heterocycles. The first kappa shape index (κ1) is 52.1. The SMILES string of the molecule is CC/C=C\C/C=C\C/C=C\C/C=C\C/C=C\CC(=O)OCC(COC(=O)CCCCCCCCCCC)OC(=O)CCCCCCCCCCCCCCC. The highest BCUT2D eigenvalue weighted by Crippen LogP contribution is 2.14. The van der Waals surface area contributed by atoms with E-state index in [0.717, 1.165) is 70.6 Å². The summed E-state index contributed by atoms with van der Waals surface area (Å²) < 4.78 is 16.6. The zero-order valence-corrected chi connectivity index (χ0v) is 35.9. The first-order valence-corrected chi connectivity index (χ1v) is 22.8. The highest BCUT2D eigenvalue weighted by molar-refractivity contribution is 5.72. The monoisotopic (exact) mass is 769 g/mol. The molecule has 316 valence electrons. The first-order valence-electron chi connectivity index (χ1n) is 22.8. The summed E-state index contributed by atoms with van der Waals surface area (Å²) in [4.78, 5) is 37.6. The van der Waals surface area contributed by atoms with Crippen LogP contribution < -0.4 is 0 Å². The van der Waals surface area contributed by atoms with Crippen LogP contribution >= 0.6 is 0 Å². The van der Waals surface area contributed by atoms with Crippen molar-refractivity contribution in [1.29, 1.82) is 0 Å². The van der Waals surface area contributed by atoms with E-state index in [4.69, 9.17) is 14.2 Å². The fraction of sp³-hybridized carbons (Fsp3) is 0.735. The van der Waals surface area contributed by atoms with Gasteiger partial charge in [0.05, 0.1) is 6.42 Å². The van der Waals surface area contributed by atoms with Crippen LogP contribution in [-0.4, -0.2) is 37.2 Å². The molecule has 1 unspecified atom stereocenters. The number of hydrogen-bond donors (Lipinski definition) is 0. The van der Waals surface area contributed by atoms with Gasteiger partial charge >= 0.3 is 17.9 Å². The second-order valence-corrected chi connectivity index (χ2v) is 15.0. The smallest absolute Gasteiger partial charge is 0.309 e. The molecule has 0 aromatic rings. The largest absolute Gasteiger partial charge is 0.462 e. The Bertz CT molecular complexity index is 1020. The maximum Gasteiger partial charge on any atom is 0.309 e. The van der Waals surface area contributed by atoms with Gasteiger partial charge < -0.3 is 14.2 Å². The number of carbonyl (C=O) groups excluding carboxylic acids is 3. The Morgan fingerprint density at radius 1 is 0.382 bits per heavy atom. The lowest BCUT2D eigenvalue weighted by molar-refractivity contribution is -0.166. The molecule has 0 amide bonds. The Balaban J connectivity index is 4.48. The lowest BCUT2D eigenvalue weighted by atomic mass is 10.0. The van der Waals surface area contributed by atoms with Crippen LogP contribution in [0.5, 0.6) is 0 Å². The van der Waals surface area contributed by atoms with E-state index in [1.54, 1.807) is 6.08 Å². The van der Waals surface area contributed by atoms with Gasteiger partial charge in [0, 0.05) is 12.8 Å². The zero-order chi connectivity index (χ0) is 40.1. The van der Waals surface area contributed by atoms with E-state index in [1.807, 2.05) is 6.08 Å². The Hall–Kier alpha value is -2.89. The van der Waals surface area contributed by atoms with Crippen LogP contribution in [0.1, 0.15) is 213 Å². The average molecular weight is 769 g/mol. The topological polar surface area (TPSA) is 78.9 Å². The molecule has 0 aromatic carbocycles. The summed E-state index contributed by atoms with van der Waals surface area (Å²) in [6.45, 7) is 6.40. The van der Waals surface area contributed by atoms with E-state index in [1.165, 1.54) is 103 Å². The predicted octanol–water partition coefficient (Wildman–Crippen LogP) is 14.5. The summed E-state index contributed by atoms with van der Waals surface area (Å²) in [7, 11) is 0. The average Bonchev–Trinajstić information content (AvgIpc) is 3.18. The van der Waals surface area contributed by atoms with Crippen molar-refractivity contribution in [3.05, 3.63) is 60.8 Å². The van der Waals surface area contributed by atoms with E-state index in [0.29, 0.717) is 12.8 Å². The van der Waals surface area contributed by atoms with Crippen molar-refractivity contribution in [2.24, 2.45) is 0 Å². The van der Waals surface area contributed by atoms with E-state index >= 15 is 0 Å². The van der Waals surface area contributed by atoms with Gasteiger partial charge in [0.25, 0.3) is 0 Å². The number of allylic oxidation sites excluding steroid dienone is 9. The summed E-state index contributed by atoms with van der Waals surface area (Å²) >= 11 is 0. The van der Waals surface area contributed by atoms with Crippen molar-refractivity contribution < 1.29 is 28.6 Å². The van der Waals surface area contributed by atoms with Crippen molar-refractivity contribution in [2.45, 2.75) is 219 Å². The maximum absolute atomic E-state index is 12.7. The molecule has 0 bridgehead atoms. The second kappa shape index (κ2) is 43.8. The first-order chi connectivity index (χ1) is 27.0. The molecule has 0 saturated carbocycles. The fourth-order valence-electron chi connectivity index (χ4n) is 6.16. The van der Waals surface area contributed by atoms with Crippen molar-refractivity contribution in [1.82, 2.24) is 0 Å². The number of rotatable bonds is 40. The Morgan fingerprint density at radius 2 is 0.709 bits per heavy atom. The summed E-state index contributed by atoms with van der Waals surface area (Å²) in [5, 5.41) is 0. The minimum atomic E-state index is -0.807. The predicted molar refractivity (Wildman–Crippen MR) is 233 cm³/mol. The van der Waals surface area contributed by atoms with Gasteiger partial charge in [-0.1, -0.05) is 210 Å². The molecule has 0 saturated heterocycles. The van der Waals surface area contributed by atoms with Gasteiger partial charge in [-0.05, 0) is 44.9 Å². The highest BCUT2D eigenvalue weighted by Gasteiger charge is 2.19. The van der Waals surface area contributed by atoms with Gasteiger partial charge in [-0.2, -0.15) is 0 Å². The fourth-order valence-corrected chi connectivity index (χ4v) is 6.16. The minimum absolute atomic E-state index is 0.102. The maximum atomic E-state index is 12.7. The van der Waals surface area contributed by atoms with Crippen LogP contribution in [-0.2, 0) is 28.6 Å². The normalized spacial score (nSPS) is 12.6. The Morgan fingerprint density at radius 3 is 1.11 bits per heavy atom. The molecule has 0 heterocycles. The van der Waals surface area contributed by atoms with E-state index in [-0.39, 0.29) is 31.6 Å². The number of ether oxygens (including phenoxy) is 3. The van der Waals surface area contributed by atoms with Gasteiger partial charge in [-0.25, -0.2) is 0 Å². The van der Waals surface area contributed by atoms with Gasteiger partial charge in [0.1, 0.15) is 13.2 Å². The summed E-state index contributed by atoms with van der Waals surface area (Å²) in [6.07, 6.45) is 52.3. The van der Waals surface area contributed by atoms with Crippen LogP contribution in [0.25, 0.3) is 0 Å². The van der Waals surface area contributed by atoms with Crippen LogP contribution in [0.4, 0.5) is 0 Å². The van der Waals surface area contributed by atoms with Crippen LogP contribution in [0, 0.1) is 0 Å². The van der Waals surface area contributed by atoms with Crippen LogP contribution in [0.3, 0.4) is 0 Å². The summed E-state index contributed by atoms with van der Waals surface area (Å²) in [5.74, 6) is -1.04. The van der Waals surface area contributed by atoms with E-state index in [9.17, 15) is 14.4 Å². The Labute approximate surface area is 339 Å². The van der Waals surface area contributed by atoms with E-state index in [2.05, 4.69) is 69.4 Å². The third kappa shape index (κ3) is 42.1. The molecule has 0 radical (unpaired) electrons. The number of hydrogen-bond acceptors (Lipinski definition) is 6. The standard InChI is InChI=1S/C49H84O6/c1-4-7-10-13-16-19-21-23-24-26-27-30-33-36-39-42-48(51)54-45-46(44-53-47(50)41-38-35-32-29-18-15-12-9-6-3)55-49(52)43-40-37-34-31-28-25-22-20-17-14-11-8-5-2/h7,10,16,19,23-24,27,30,36,39,46H,4-6,8-9,11-15,17-18,20-22,25-26,28-29,31-35,37-38,40-45H2,1-3H3/b10-7-,19-16-,24-23-,30-27-,39-36-. The Kier molecular flexibility index (Phi) is 41.5. The van der Waals surface area contributed by atoms with Gasteiger partial charge in [-0.15, -0.1) is 0 Å². The molecule has 0 aliphatic rings. The van der Waals surface area contributed by atoms with Crippen molar-refractivity contribution >= 4 is 17.9 Å². The molecule has 0 spiro atoms. The minimum Gasteiger partial charge on any atom is -0.462 e. The molecular weight excluding hydrogens is 685 g/mol. The highest BCUT2D eigenvalue weighted by atomic mass is 16.6. The van der Waals surface area contributed by atoms with Crippen molar-refractivity contribution in [3.8, 4) is 0 Å². The third-order valence-corrected chi connectivity index (χ3v) is 9.57. The molecule has 6 heteroatoms. The lowest BCUT2D eigenvalue weighted by Gasteiger charge is -2.18. The quantitative estimate of drug-likeness (QED) is 0.0267. The molecular formula is C49H84O6. The van der Waals surface area contributed by atoms with Crippen LogP contribution in [0.15, 0.2) is 60.8 Å². The van der Waals surface area contributed by atoms with Gasteiger partial charge in [-0.3, -0.25) is 14.4 Å². The number of esters is 3. The number of unbranched alkanes of at least 4 members (excludes halogenated alkanes) is 20. The van der Waals surface area contributed by atoms with Crippen LogP contribution in [0.2, 0.25) is 0 Å². The van der Waals surface area contributed by atoms with Gasteiger partial charge in [0.2, 0.25) is 0 Å². The number of carbonyl (C=O) groups is 3. The zero-order valence-electron chi connectivity index (χ0n) is 35.9. The van der Waals surface area contributed by atoms with Crippen molar-refractivity contribution in [3.63, 3.8) is 0 Å². The molecule has 1 atom stereocenters. The molecule has 0 N–H and O–H groups in total. The molecule has 0 fully saturated rings. The molecule has 6 nitrogen and oxygen atoms in total. The lowest BCUT2D eigenvalue weighted by Crippen LogP contribution is -2.30. The summed E-state index contributed by atoms with van der Waals surface area (Å²) in [6, 6.07) is 0. The molecule has 0 aromatic heterocycles. The van der Waals surface area contributed by atoms with Crippen molar-refractivity contribution in [2.75, 3.05) is 13.2 Å². The van der Waals surface area contributed by atoms with E-state index < -0.39 is 12.1 Å². The third-order valence-electron chi connectivity index (χ3n) is 9.57. The molecule has 0 aliphatic carbocycles. The summed E-state index contributed by atoms with van der Waals surface area (Å²) in [5.41, 5.74) is 0. The van der Waals surface area contributed by atoms with Gasteiger partial charge in [0.15, 0.2) is 6.10 Å². The second-order valence-electron chi connectivity index (χ2n) is 15.0. The molecule has 55 heavy (non-hydrogen) atoms. The molecule has 0 rings (SSSR count).